The summed E-state index contributed by atoms with van der Waals surface area (Å²) in [6, 6.07) is 19.2. The van der Waals surface area contributed by atoms with Gasteiger partial charge in [-0.25, -0.2) is 4.79 Å². The molecule has 0 aromatic heterocycles. The summed E-state index contributed by atoms with van der Waals surface area (Å²) >= 11 is 0. The number of benzene rings is 3. The molecular weight excluding hydrogens is 468 g/mol. The maximum Gasteiger partial charge on any atom is 0.325 e. The second kappa shape index (κ2) is 9.54. The number of para-hydroxylation sites is 1. The summed E-state index contributed by atoms with van der Waals surface area (Å²) in [4.78, 5) is 52.8. The molecule has 0 bridgehead atoms. The highest BCUT2D eigenvalue weighted by Gasteiger charge is 2.49. The Labute approximate surface area is 215 Å². The Morgan fingerprint density at radius 3 is 2.54 bits per heavy atom. The molecule has 0 radical (unpaired) electrons. The molecule has 188 valence electrons. The minimum absolute atomic E-state index is 0.262. The summed E-state index contributed by atoms with van der Waals surface area (Å²) in [6.45, 7) is 3.11. The fourth-order valence-corrected chi connectivity index (χ4v) is 4.96. The number of carbonyl (C=O) groups excluding carboxylic acids is 4. The second-order valence-electron chi connectivity index (χ2n) is 9.70. The number of imide groups is 1. The number of hydrogen-bond donors (Lipinski definition) is 3. The van der Waals surface area contributed by atoms with Crippen LogP contribution in [0.5, 0.6) is 0 Å². The number of fused-ring (bicyclic) bond motifs is 1. The van der Waals surface area contributed by atoms with Gasteiger partial charge in [0.2, 0.25) is 5.91 Å². The first-order valence-corrected chi connectivity index (χ1v) is 12.3. The van der Waals surface area contributed by atoms with Gasteiger partial charge in [-0.2, -0.15) is 0 Å². The van der Waals surface area contributed by atoms with Crippen LogP contribution in [0.4, 0.5) is 16.2 Å². The van der Waals surface area contributed by atoms with Crippen LogP contribution in [0.2, 0.25) is 0 Å². The minimum atomic E-state index is -1.25. The van der Waals surface area contributed by atoms with Crippen LogP contribution in [0.15, 0.2) is 66.7 Å². The Balaban J connectivity index is 1.29. The van der Waals surface area contributed by atoms with Gasteiger partial charge in [0.1, 0.15) is 12.1 Å². The van der Waals surface area contributed by atoms with E-state index < -0.39 is 29.9 Å². The topological polar surface area (TPSA) is 108 Å². The van der Waals surface area contributed by atoms with Gasteiger partial charge in [-0.05, 0) is 79.6 Å². The van der Waals surface area contributed by atoms with E-state index in [1.165, 1.54) is 11.1 Å². The predicted octanol–water partition coefficient (Wildman–Crippen LogP) is 4.14. The number of rotatable bonds is 6. The predicted molar refractivity (Wildman–Crippen MR) is 140 cm³/mol. The van der Waals surface area contributed by atoms with Crippen LogP contribution >= 0.6 is 0 Å². The van der Waals surface area contributed by atoms with Gasteiger partial charge in [0.05, 0.1) is 11.3 Å². The smallest absolute Gasteiger partial charge is 0.324 e. The molecule has 1 heterocycles. The normalized spacial score (nSPS) is 18.4. The van der Waals surface area contributed by atoms with Crippen LogP contribution < -0.4 is 16.0 Å². The highest BCUT2D eigenvalue weighted by Crippen LogP contribution is 2.32. The molecule has 1 aliphatic heterocycles. The van der Waals surface area contributed by atoms with Gasteiger partial charge in [0.25, 0.3) is 11.8 Å². The van der Waals surface area contributed by atoms with Gasteiger partial charge in [0.15, 0.2) is 0 Å². The molecule has 1 unspecified atom stereocenters. The molecule has 5 amide bonds. The molecule has 3 N–H and O–H groups in total. The van der Waals surface area contributed by atoms with E-state index in [2.05, 4.69) is 16.0 Å². The number of carbonyl (C=O) groups is 4. The van der Waals surface area contributed by atoms with Crippen molar-refractivity contribution < 1.29 is 19.2 Å². The standard InChI is InChI=1S/C29H28N4O4/c1-18-7-5-10-22(15-18)30-26(35)23-11-3-4-12-24(23)31-25(34)17-33-27(36)29(2,32-28(33)37)21-14-13-19-8-6-9-20(19)16-21/h3-5,7,10-16H,6,8-9,17H2,1-2H3,(H,30,35)(H,31,34)(H,32,37). The van der Waals surface area contributed by atoms with Gasteiger partial charge >= 0.3 is 6.03 Å². The Hall–Kier alpha value is -4.46. The molecule has 1 atom stereocenters. The fourth-order valence-electron chi connectivity index (χ4n) is 4.96. The van der Waals surface area contributed by atoms with Crippen molar-refractivity contribution in [1.29, 1.82) is 0 Å². The van der Waals surface area contributed by atoms with Crippen LogP contribution in [0.3, 0.4) is 0 Å². The number of nitrogens with zero attached hydrogens (tertiary/aromatic N) is 1. The van der Waals surface area contributed by atoms with E-state index in [4.69, 9.17) is 0 Å². The van der Waals surface area contributed by atoms with Crippen molar-refractivity contribution in [2.45, 2.75) is 38.6 Å². The zero-order chi connectivity index (χ0) is 26.2. The third-order valence-corrected chi connectivity index (χ3v) is 6.97. The van der Waals surface area contributed by atoms with E-state index in [1.54, 1.807) is 37.3 Å². The molecule has 0 saturated carbocycles. The Morgan fingerprint density at radius 1 is 0.946 bits per heavy atom. The molecule has 8 nitrogen and oxygen atoms in total. The molecule has 3 aromatic carbocycles. The third-order valence-electron chi connectivity index (χ3n) is 6.97. The fraction of sp³-hybridized carbons (Fsp3) is 0.241. The molecule has 8 heteroatoms. The van der Waals surface area contributed by atoms with E-state index >= 15 is 0 Å². The van der Waals surface area contributed by atoms with Crippen molar-refractivity contribution in [3.8, 4) is 0 Å². The summed E-state index contributed by atoms with van der Waals surface area (Å²) in [5.41, 5.74) is 4.09. The van der Waals surface area contributed by atoms with E-state index in [0.717, 1.165) is 29.7 Å². The van der Waals surface area contributed by atoms with Crippen LogP contribution in [0, 0.1) is 6.92 Å². The van der Waals surface area contributed by atoms with Crippen molar-refractivity contribution in [2.24, 2.45) is 0 Å². The summed E-state index contributed by atoms with van der Waals surface area (Å²) < 4.78 is 0. The molecule has 37 heavy (non-hydrogen) atoms. The lowest BCUT2D eigenvalue weighted by Gasteiger charge is -2.23. The number of hydrogen-bond acceptors (Lipinski definition) is 4. The van der Waals surface area contributed by atoms with Crippen LogP contribution in [0.1, 0.15) is 46.0 Å². The van der Waals surface area contributed by atoms with E-state index in [1.807, 2.05) is 43.3 Å². The van der Waals surface area contributed by atoms with Crippen molar-refractivity contribution in [3.05, 3.63) is 94.5 Å². The zero-order valence-corrected chi connectivity index (χ0v) is 20.8. The average Bonchev–Trinajstić information content (AvgIpc) is 3.42. The number of amides is 5. The third kappa shape index (κ3) is 4.70. The molecule has 1 aliphatic carbocycles. The largest absolute Gasteiger partial charge is 0.325 e. The SMILES string of the molecule is Cc1cccc(NC(=O)c2ccccc2NC(=O)CN2C(=O)NC(C)(c3ccc4c(c3)CCC4)C2=O)c1. The first-order valence-electron chi connectivity index (χ1n) is 12.3. The van der Waals surface area contributed by atoms with E-state index in [9.17, 15) is 19.2 Å². The van der Waals surface area contributed by atoms with E-state index in [-0.39, 0.29) is 17.2 Å². The lowest BCUT2D eigenvalue weighted by atomic mass is 9.89. The lowest BCUT2D eigenvalue weighted by molar-refractivity contribution is -0.133. The Bertz CT molecular complexity index is 1430. The molecular formula is C29H28N4O4. The average molecular weight is 497 g/mol. The van der Waals surface area contributed by atoms with Crippen LogP contribution in [-0.4, -0.2) is 35.2 Å². The first kappa shape index (κ1) is 24.2. The van der Waals surface area contributed by atoms with Crippen molar-refractivity contribution in [3.63, 3.8) is 0 Å². The molecule has 1 saturated heterocycles. The van der Waals surface area contributed by atoms with Crippen molar-refractivity contribution >= 4 is 35.1 Å². The first-order chi connectivity index (χ1) is 17.7. The Morgan fingerprint density at radius 2 is 1.73 bits per heavy atom. The molecule has 3 aromatic rings. The van der Waals surface area contributed by atoms with Crippen molar-refractivity contribution in [1.82, 2.24) is 10.2 Å². The molecule has 0 spiro atoms. The van der Waals surface area contributed by atoms with Crippen LogP contribution in [0.25, 0.3) is 0 Å². The highest BCUT2D eigenvalue weighted by atomic mass is 16.2. The molecule has 5 rings (SSSR count). The maximum atomic E-state index is 13.3. The van der Waals surface area contributed by atoms with Gasteiger partial charge in [-0.15, -0.1) is 0 Å². The molecule has 1 fully saturated rings. The highest BCUT2D eigenvalue weighted by molar-refractivity contribution is 6.12. The summed E-state index contributed by atoms with van der Waals surface area (Å²) in [7, 11) is 0. The zero-order valence-electron chi connectivity index (χ0n) is 20.8. The quantitative estimate of drug-likeness (QED) is 0.446. The van der Waals surface area contributed by atoms with Gasteiger partial charge in [-0.1, -0.05) is 42.5 Å². The Kier molecular flexibility index (Phi) is 6.25. The monoisotopic (exact) mass is 496 g/mol. The minimum Gasteiger partial charge on any atom is -0.324 e. The second-order valence-corrected chi connectivity index (χ2v) is 9.70. The number of aryl methyl sites for hydroxylation is 3. The van der Waals surface area contributed by atoms with Gasteiger partial charge in [0, 0.05) is 5.69 Å². The lowest BCUT2D eigenvalue weighted by Crippen LogP contribution is -2.42. The van der Waals surface area contributed by atoms with Crippen LogP contribution in [-0.2, 0) is 28.0 Å². The molecule has 2 aliphatic rings. The number of urea groups is 1. The maximum absolute atomic E-state index is 13.3. The summed E-state index contributed by atoms with van der Waals surface area (Å²) in [6.07, 6.45) is 3.04. The van der Waals surface area contributed by atoms with Crippen molar-refractivity contribution in [2.75, 3.05) is 17.2 Å². The number of nitrogens with one attached hydrogen (secondary N) is 3. The van der Waals surface area contributed by atoms with E-state index in [0.29, 0.717) is 11.3 Å². The summed E-state index contributed by atoms with van der Waals surface area (Å²) in [5.74, 6) is -1.46. The van der Waals surface area contributed by atoms with Gasteiger partial charge in [-0.3, -0.25) is 19.3 Å². The number of anilines is 2. The summed E-state index contributed by atoms with van der Waals surface area (Å²) in [5, 5.41) is 8.27. The van der Waals surface area contributed by atoms with Gasteiger partial charge < -0.3 is 16.0 Å².